The summed E-state index contributed by atoms with van der Waals surface area (Å²) in [7, 11) is 0. The minimum Gasteiger partial charge on any atom is -0.489 e. The van der Waals surface area contributed by atoms with E-state index in [1.54, 1.807) is 24.3 Å². The summed E-state index contributed by atoms with van der Waals surface area (Å²) in [5.74, 6) is 1.42. The van der Waals surface area contributed by atoms with Crippen molar-refractivity contribution in [1.82, 2.24) is 0 Å². The van der Waals surface area contributed by atoms with Crippen molar-refractivity contribution in [3.8, 4) is 11.5 Å². The summed E-state index contributed by atoms with van der Waals surface area (Å²) >= 11 is 3.40. The van der Waals surface area contributed by atoms with Gasteiger partial charge in [-0.1, -0.05) is 52.3 Å². The van der Waals surface area contributed by atoms with Gasteiger partial charge in [-0.05, 0) is 54.0 Å². The third-order valence-corrected chi connectivity index (χ3v) is 4.99. The van der Waals surface area contributed by atoms with Gasteiger partial charge in [0.15, 0.2) is 5.76 Å². The summed E-state index contributed by atoms with van der Waals surface area (Å²) in [4.78, 5) is 12.6. The van der Waals surface area contributed by atoms with Crippen LogP contribution in [0.25, 0.3) is 6.08 Å². The van der Waals surface area contributed by atoms with E-state index >= 15 is 0 Å². The molecule has 3 aromatic rings. The van der Waals surface area contributed by atoms with Crippen molar-refractivity contribution in [3.05, 3.63) is 99.2 Å². The lowest BCUT2D eigenvalue weighted by atomic mass is 10.1. The van der Waals surface area contributed by atoms with Gasteiger partial charge in [0.25, 0.3) is 0 Å². The number of rotatable bonds is 4. The molecule has 0 unspecified atom stereocenters. The Labute approximate surface area is 166 Å². The zero-order valence-corrected chi connectivity index (χ0v) is 16.3. The van der Waals surface area contributed by atoms with Gasteiger partial charge in [-0.25, -0.2) is 0 Å². The van der Waals surface area contributed by atoms with Crippen LogP contribution in [0.3, 0.4) is 0 Å². The first kappa shape index (κ1) is 17.6. The highest BCUT2D eigenvalue weighted by Crippen LogP contribution is 2.35. The average Bonchev–Trinajstić information content (AvgIpc) is 2.98. The van der Waals surface area contributed by atoms with Gasteiger partial charge in [-0.2, -0.15) is 0 Å². The first-order valence-electron chi connectivity index (χ1n) is 8.61. The van der Waals surface area contributed by atoms with Gasteiger partial charge >= 0.3 is 0 Å². The second-order valence-corrected chi connectivity index (χ2v) is 7.28. The molecule has 1 aliphatic rings. The fraction of sp³-hybridized carbons (Fsp3) is 0.0870. The molecule has 1 aliphatic heterocycles. The maximum atomic E-state index is 12.6. The molecular formula is C23H17BrO3. The van der Waals surface area contributed by atoms with E-state index in [1.165, 1.54) is 5.56 Å². The number of ketones is 1. The van der Waals surface area contributed by atoms with Gasteiger partial charge in [0, 0.05) is 10.5 Å². The largest absolute Gasteiger partial charge is 0.489 e. The normalized spacial score (nSPS) is 14.1. The number of carbonyl (C=O) groups excluding carboxylic acids is 1. The van der Waals surface area contributed by atoms with Crippen molar-refractivity contribution >= 4 is 27.8 Å². The standard InChI is InChI=1S/C23H17BrO3/c1-15-4-2-3-5-17(15)14-26-19-10-11-20-21(13-19)27-22(23(20)25)12-16-6-8-18(24)9-7-16/h2-13H,14H2,1H3/b22-12-. The molecule has 0 aromatic heterocycles. The SMILES string of the molecule is Cc1ccccc1COc1ccc2c(c1)O/C(=C\c1ccc(Br)cc1)C2=O. The summed E-state index contributed by atoms with van der Waals surface area (Å²) in [6, 6.07) is 21.1. The maximum Gasteiger partial charge on any atom is 0.231 e. The van der Waals surface area contributed by atoms with Gasteiger partial charge in [-0.15, -0.1) is 0 Å². The van der Waals surface area contributed by atoms with Crippen LogP contribution in [0.2, 0.25) is 0 Å². The third kappa shape index (κ3) is 3.81. The molecule has 0 amide bonds. The molecule has 0 spiro atoms. The van der Waals surface area contributed by atoms with E-state index < -0.39 is 0 Å². The van der Waals surface area contributed by atoms with E-state index in [-0.39, 0.29) is 5.78 Å². The zero-order valence-electron chi connectivity index (χ0n) is 14.7. The van der Waals surface area contributed by atoms with E-state index in [4.69, 9.17) is 9.47 Å². The van der Waals surface area contributed by atoms with Crippen molar-refractivity contribution in [3.63, 3.8) is 0 Å². The van der Waals surface area contributed by atoms with Gasteiger partial charge in [0.1, 0.15) is 18.1 Å². The first-order chi connectivity index (χ1) is 13.1. The Morgan fingerprint density at radius 3 is 2.59 bits per heavy atom. The monoisotopic (exact) mass is 420 g/mol. The Bertz CT molecular complexity index is 1040. The number of halogens is 1. The Morgan fingerprint density at radius 2 is 1.81 bits per heavy atom. The minimum atomic E-state index is -0.113. The molecule has 0 bridgehead atoms. The van der Waals surface area contributed by atoms with Crippen molar-refractivity contribution in [2.45, 2.75) is 13.5 Å². The third-order valence-electron chi connectivity index (χ3n) is 4.46. The molecule has 134 valence electrons. The van der Waals surface area contributed by atoms with Crippen LogP contribution >= 0.6 is 15.9 Å². The van der Waals surface area contributed by atoms with E-state index in [9.17, 15) is 4.79 Å². The van der Waals surface area contributed by atoms with Crippen LogP contribution in [0, 0.1) is 6.92 Å². The fourth-order valence-corrected chi connectivity index (χ4v) is 3.16. The Kier molecular flexibility index (Phi) is 4.82. The molecule has 0 aliphatic carbocycles. The molecule has 0 fully saturated rings. The van der Waals surface area contributed by atoms with Crippen molar-refractivity contribution < 1.29 is 14.3 Å². The molecule has 1 heterocycles. The molecule has 0 saturated heterocycles. The predicted molar refractivity (Wildman–Crippen MR) is 109 cm³/mol. The van der Waals surface area contributed by atoms with Crippen molar-refractivity contribution in [1.29, 1.82) is 0 Å². The summed E-state index contributed by atoms with van der Waals surface area (Å²) < 4.78 is 12.7. The van der Waals surface area contributed by atoms with E-state index in [1.807, 2.05) is 42.5 Å². The number of hydrogen-bond acceptors (Lipinski definition) is 3. The molecule has 27 heavy (non-hydrogen) atoms. The van der Waals surface area contributed by atoms with E-state index in [2.05, 4.69) is 28.9 Å². The average molecular weight is 421 g/mol. The molecule has 0 saturated carbocycles. The molecule has 3 aromatic carbocycles. The zero-order chi connectivity index (χ0) is 18.8. The number of allylic oxidation sites excluding steroid dienone is 1. The van der Waals surface area contributed by atoms with Gasteiger partial charge in [-0.3, -0.25) is 4.79 Å². The highest BCUT2D eigenvalue weighted by atomic mass is 79.9. The lowest BCUT2D eigenvalue weighted by Gasteiger charge is -2.09. The molecule has 0 radical (unpaired) electrons. The van der Waals surface area contributed by atoms with Crippen LogP contribution < -0.4 is 9.47 Å². The molecule has 0 N–H and O–H groups in total. The van der Waals surface area contributed by atoms with Crippen molar-refractivity contribution in [2.24, 2.45) is 0 Å². The predicted octanol–water partition coefficient (Wildman–Crippen LogP) is 5.95. The Morgan fingerprint density at radius 1 is 1.04 bits per heavy atom. The Hall–Kier alpha value is -2.85. The second kappa shape index (κ2) is 7.41. The van der Waals surface area contributed by atoms with Crippen LogP contribution in [0.1, 0.15) is 27.0 Å². The number of fused-ring (bicyclic) bond motifs is 1. The molecular weight excluding hydrogens is 404 g/mol. The molecule has 3 nitrogen and oxygen atoms in total. The lowest BCUT2D eigenvalue weighted by Crippen LogP contribution is -1.98. The van der Waals surface area contributed by atoms with Crippen LogP contribution in [0.4, 0.5) is 0 Å². The second-order valence-electron chi connectivity index (χ2n) is 6.36. The van der Waals surface area contributed by atoms with Crippen LogP contribution in [-0.4, -0.2) is 5.78 Å². The maximum absolute atomic E-state index is 12.6. The van der Waals surface area contributed by atoms with Gasteiger partial charge in [0.2, 0.25) is 5.78 Å². The number of hydrogen-bond donors (Lipinski definition) is 0. The summed E-state index contributed by atoms with van der Waals surface area (Å²) in [6.07, 6.45) is 1.75. The summed E-state index contributed by atoms with van der Waals surface area (Å²) in [6.45, 7) is 2.53. The van der Waals surface area contributed by atoms with Gasteiger partial charge in [0.05, 0.1) is 5.56 Å². The highest BCUT2D eigenvalue weighted by Gasteiger charge is 2.27. The number of carbonyl (C=O) groups is 1. The van der Waals surface area contributed by atoms with Crippen molar-refractivity contribution in [2.75, 3.05) is 0 Å². The first-order valence-corrected chi connectivity index (χ1v) is 9.40. The number of aryl methyl sites for hydroxylation is 1. The number of ether oxygens (including phenoxy) is 2. The molecule has 0 atom stereocenters. The molecule has 4 heteroatoms. The quantitative estimate of drug-likeness (QED) is 0.488. The number of Topliss-reactive ketones (excluding diaryl/α,β-unsaturated/α-hetero) is 1. The van der Waals surface area contributed by atoms with E-state index in [0.717, 1.165) is 15.6 Å². The van der Waals surface area contributed by atoms with E-state index in [0.29, 0.717) is 29.4 Å². The van der Waals surface area contributed by atoms with Crippen LogP contribution in [0.15, 0.2) is 77.0 Å². The summed E-state index contributed by atoms with van der Waals surface area (Å²) in [5.41, 5.74) is 3.78. The van der Waals surface area contributed by atoms with Crippen LogP contribution in [-0.2, 0) is 6.61 Å². The topological polar surface area (TPSA) is 35.5 Å². The lowest BCUT2D eigenvalue weighted by molar-refractivity contribution is 0.101. The summed E-state index contributed by atoms with van der Waals surface area (Å²) in [5, 5.41) is 0. The number of benzene rings is 3. The molecule has 4 rings (SSSR count). The highest BCUT2D eigenvalue weighted by molar-refractivity contribution is 9.10. The van der Waals surface area contributed by atoms with Gasteiger partial charge < -0.3 is 9.47 Å². The fourth-order valence-electron chi connectivity index (χ4n) is 2.90. The Balaban J connectivity index is 1.52. The van der Waals surface area contributed by atoms with Crippen LogP contribution in [0.5, 0.6) is 11.5 Å². The minimum absolute atomic E-state index is 0.113. The smallest absolute Gasteiger partial charge is 0.231 e.